The maximum absolute atomic E-state index is 12.1. The molecular weight excluding hydrogens is 280 g/mol. The zero-order chi connectivity index (χ0) is 15.1. The van der Waals surface area contributed by atoms with E-state index in [1.165, 1.54) is 6.07 Å². The van der Waals surface area contributed by atoms with E-state index in [1.54, 1.807) is 11.8 Å². The number of anilines is 1. The summed E-state index contributed by atoms with van der Waals surface area (Å²) in [5.41, 5.74) is -0.0101. The molecule has 0 aliphatic heterocycles. The van der Waals surface area contributed by atoms with E-state index in [9.17, 15) is 14.9 Å². The fraction of sp³-hybridized carbons (Fsp3) is 0.500. The Morgan fingerprint density at radius 2 is 2.30 bits per heavy atom. The average Bonchev–Trinajstić information content (AvgIpc) is 2.44. The number of amides is 1. The molecule has 0 fully saturated rings. The summed E-state index contributed by atoms with van der Waals surface area (Å²) >= 11 is 1.63. The van der Waals surface area contributed by atoms with Gasteiger partial charge in [0.05, 0.1) is 10.5 Å². The van der Waals surface area contributed by atoms with Crippen LogP contribution in [0.5, 0.6) is 0 Å². The topological polar surface area (TPSA) is 97.2 Å². The van der Waals surface area contributed by atoms with Crippen LogP contribution >= 0.6 is 11.8 Å². The minimum Gasteiger partial charge on any atom is -0.370 e. The molecule has 1 aromatic rings. The number of thioether (sulfide) groups is 1. The number of nitro groups is 1. The molecule has 0 aliphatic rings. The maximum Gasteiger partial charge on any atom is 0.288 e. The van der Waals surface area contributed by atoms with Gasteiger partial charge in [0, 0.05) is 24.4 Å². The third kappa shape index (κ3) is 4.37. The van der Waals surface area contributed by atoms with Gasteiger partial charge in [0.2, 0.25) is 0 Å². The summed E-state index contributed by atoms with van der Waals surface area (Å²) in [7, 11) is 0. The number of hydrogen-bond acceptors (Lipinski definition) is 6. The van der Waals surface area contributed by atoms with Gasteiger partial charge in [-0.05, 0) is 13.2 Å². The summed E-state index contributed by atoms with van der Waals surface area (Å²) in [6.07, 6.45) is 3.09. The average molecular weight is 298 g/mol. The van der Waals surface area contributed by atoms with E-state index < -0.39 is 4.92 Å². The summed E-state index contributed by atoms with van der Waals surface area (Å²) < 4.78 is 0. The van der Waals surface area contributed by atoms with Crippen LogP contribution in [0.1, 0.15) is 24.2 Å². The van der Waals surface area contributed by atoms with E-state index in [4.69, 9.17) is 0 Å². The largest absolute Gasteiger partial charge is 0.370 e. The first-order chi connectivity index (χ1) is 9.49. The normalized spacial score (nSPS) is 11.8. The Labute approximate surface area is 121 Å². The zero-order valence-corrected chi connectivity index (χ0v) is 12.5. The van der Waals surface area contributed by atoms with Crippen LogP contribution in [-0.4, -0.2) is 40.4 Å². The standard InChI is InChI=1S/C12H18N4O3S/c1-4-13-11-10(5-9(7-14-11)16(18)19)12(17)15-6-8(2)20-3/h5,7-8H,4,6H2,1-3H3,(H,13,14)(H,15,17). The van der Waals surface area contributed by atoms with Crippen LogP contribution in [0.25, 0.3) is 0 Å². The summed E-state index contributed by atoms with van der Waals surface area (Å²) in [6, 6.07) is 1.24. The number of carbonyl (C=O) groups excluding carboxylic acids is 1. The Balaban J connectivity index is 2.96. The summed E-state index contributed by atoms with van der Waals surface area (Å²) in [6.45, 7) is 4.92. The monoisotopic (exact) mass is 298 g/mol. The smallest absolute Gasteiger partial charge is 0.288 e. The molecule has 8 heteroatoms. The first-order valence-electron chi connectivity index (χ1n) is 6.18. The number of nitrogens with zero attached hydrogens (tertiary/aromatic N) is 2. The van der Waals surface area contributed by atoms with E-state index in [0.717, 1.165) is 6.20 Å². The number of nitrogens with one attached hydrogen (secondary N) is 2. The Hall–Kier alpha value is -1.83. The molecule has 1 unspecified atom stereocenters. The quantitative estimate of drug-likeness (QED) is 0.589. The number of rotatable bonds is 7. The van der Waals surface area contributed by atoms with Crippen molar-refractivity contribution in [2.24, 2.45) is 0 Å². The third-order valence-electron chi connectivity index (χ3n) is 2.63. The molecule has 0 saturated carbocycles. The zero-order valence-electron chi connectivity index (χ0n) is 11.7. The van der Waals surface area contributed by atoms with Crippen molar-refractivity contribution in [3.8, 4) is 0 Å². The van der Waals surface area contributed by atoms with E-state index in [-0.39, 0.29) is 22.4 Å². The van der Waals surface area contributed by atoms with Crippen molar-refractivity contribution in [1.29, 1.82) is 0 Å². The summed E-state index contributed by atoms with van der Waals surface area (Å²) in [5, 5.41) is 16.7. The second kappa shape index (κ2) is 7.68. The van der Waals surface area contributed by atoms with Gasteiger partial charge in [-0.1, -0.05) is 6.92 Å². The van der Waals surface area contributed by atoms with E-state index >= 15 is 0 Å². The molecule has 1 rings (SSSR count). The van der Waals surface area contributed by atoms with Gasteiger partial charge in [0.25, 0.3) is 11.6 Å². The molecule has 7 nitrogen and oxygen atoms in total. The predicted octanol–water partition coefficient (Wildman–Crippen LogP) is 1.90. The molecule has 0 bridgehead atoms. The molecule has 0 spiro atoms. The first-order valence-corrected chi connectivity index (χ1v) is 7.47. The third-order valence-corrected chi connectivity index (χ3v) is 3.60. The molecule has 1 heterocycles. The Morgan fingerprint density at radius 3 is 2.85 bits per heavy atom. The molecule has 1 aromatic heterocycles. The van der Waals surface area contributed by atoms with Crippen LogP contribution in [0.3, 0.4) is 0 Å². The minimum atomic E-state index is -0.565. The van der Waals surface area contributed by atoms with Crippen LogP contribution in [0.2, 0.25) is 0 Å². The van der Waals surface area contributed by atoms with Gasteiger partial charge in [-0.15, -0.1) is 0 Å². The van der Waals surface area contributed by atoms with Crippen molar-refractivity contribution < 1.29 is 9.72 Å². The highest BCUT2D eigenvalue weighted by atomic mass is 32.2. The van der Waals surface area contributed by atoms with Crippen molar-refractivity contribution >= 4 is 29.2 Å². The SMILES string of the molecule is CCNc1ncc([N+](=O)[O-])cc1C(=O)NCC(C)SC. The van der Waals surface area contributed by atoms with Gasteiger partial charge in [-0.25, -0.2) is 4.98 Å². The number of aromatic nitrogens is 1. The molecule has 1 amide bonds. The van der Waals surface area contributed by atoms with Gasteiger partial charge in [0.1, 0.15) is 12.0 Å². The van der Waals surface area contributed by atoms with Gasteiger partial charge in [-0.3, -0.25) is 14.9 Å². The molecule has 1 atom stereocenters. The van der Waals surface area contributed by atoms with Gasteiger partial charge in [0.15, 0.2) is 0 Å². The van der Waals surface area contributed by atoms with Gasteiger partial charge < -0.3 is 10.6 Å². The highest BCUT2D eigenvalue weighted by Crippen LogP contribution is 2.19. The van der Waals surface area contributed by atoms with E-state index in [1.807, 2.05) is 20.1 Å². The van der Waals surface area contributed by atoms with Crippen LogP contribution in [0, 0.1) is 10.1 Å². The van der Waals surface area contributed by atoms with Crippen LogP contribution in [0.15, 0.2) is 12.3 Å². The molecule has 0 saturated heterocycles. The van der Waals surface area contributed by atoms with Crippen molar-refractivity contribution in [3.05, 3.63) is 27.9 Å². The molecular formula is C12H18N4O3S. The number of hydrogen-bond donors (Lipinski definition) is 2. The highest BCUT2D eigenvalue weighted by molar-refractivity contribution is 7.99. The molecule has 0 aromatic carbocycles. The fourth-order valence-corrected chi connectivity index (χ4v) is 1.70. The minimum absolute atomic E-state index is 0.189. The lowest BCUT2D eigenvalue weighted by atomic mass is 10.2. The van der Waals surface area contributed by atoms with Crippen molar-refractivity contribution in [2.45, 2.75) is 19.1 Å². The van der Waals surface area contributed by atoms with E-state index in [0.29, 0.717) is 18.9 Å². The summed E-state index contributed by atoms with van der Waals surface area (Å²) in [5.74, 6) is -0.00884. The van der Waals surface area contributed by atoms with Crippen molar-refractivity contribution in [2.75, 3.05) is 24.7 Å². The summed E-state index contributed by atoms with van der Waals surface area (Å²) in [4.78, 5) is 26.3. The molecule has 2 N–H and O–H groups in total. The fourth-order valence-electron chi connectivity index (χ4n) is 1.45. The second-order valence-corrected chi connectivity index (χ2v) is 5.41. The highest BCUT2D eigenvalue weighted by Gasteiger charge is 2.18. The second-order valence-electron chi connectivity index (χ2n) is 4.13. The molecule has 0 radical (unpaired) electrons. The Bertz CT molecular complexity index is 496. The number of pyridine rings is 1. The predicted molar refractivity (Wildman–Crippen MR) is 80.4 cm³/mol. The van der Waals surface area contributed by atoms with Gasteiger partial charge >= 0.3 is 0 Å². The lowest BCUT2D eigenvalue weighted by Gasteiger charge is -2.12. The molecule has 20 heavy (non-hydrogen) atoms. The van der Waals surface area contributed by atoms with Gasteiger partial charge in [-0.2, -0.15) is 11.8 Å². The first kappa shape index (κ1) is 16.2. The van der Waals surface area contributed by atoms with Crippen LogP contribution in [0.4, 0.5) is 11.5 Å². The van der Waals surface area contributed by atoms with Crippen molar-refractivity contribution in [3.63, 3.8) is 0 Å². The van der Waals surface area contributed by atoms with E-state index in [2.05, 4.69) is 15.6 Å². The lowest BCUT2D eigenvalue weighted by molar-refractivity contribution is -0.385. The molecule has 110 valence electrons. The van der Waals surface area contributed by atoms with Crippen LogP contribution in [-0.2, 0) is 0 Å². The molecule has 0 aliphatic carbocycles. The Kier molecular flexibility index (Phi) is 6.23. The van der Waals surface area contributed by atoms with Crippen LogP contribution < -0.4 is 10.6 Å². The Morgan fingerprint density at radius 1 is 1.60 bits per heavy atom. The lowest BCUT2D eigenvalue weighted by Crippen LogP contribution is -2.30. The number of carbonyl (C=O) groups is 1. The maximum atomic E-state index is 12.1. The van der Waals surface area contributed by atoms with Crippen molar-refractivity contribution in [1.82, 2.24) is 10.3 Å².